The van der Waals surface area contributed by atoms with Gasteiger partial charge in [-0.15, -0.1) is 0 Å². The van der Waals surface area contributed by atoms with Crippen LogP contribution >= 0.6 is 0 Å². The molecule has 0 atom stereocenters. The highest BCUT2D eigenvalue weighted by Gasteiger charge is 2.51. The number of hydrogen-bond donors (Lipinski definition) is 0. The largest absolute Gasteiger partial charge is 0.494 e. The molecule has 22 heavy (non-hydrogen) atoms. The SMILES string of the molecule is Cc1cc(B2OC(C)(C)C(C)(C)O2)cc(C)c1OCC(F)F. The molecule has 3 nitrogen and oxygen atoms in total. The summed E-state index contributed by atoms with van der Waals surface area (Å²) >= 11 is 0. The summed E-state index contributed by atoms with van der Waals surface area (Å²) in [7, 11) is -0.466. The zero-order valence-electron chi connectivity index (χ0n) is 14.0. The molecule has 1 aliphatic heterocycles. The Hall–Kier alpha value is -1.14. The van der Waals surface area contributed by atoms with Gasteiger partial charge in [0.15, 0.2) is 0 Å². The summed E-state index contributed by atoms with van der Waals surface area (Å²) in [4.78, 5) is 0. The summed E-state index contributed by atoms with van der Waals surface area (Å²) in [6.45, 7) is 11.0. The topological polar surface area (TPSA) is 27.7 Å². The molecule has 0 saturated carbocycles. The summed E-state index contributed by atoms with van der Waals surface area (Å²) in [5.41, 5.74) is 1.64. The van der Waals surface area contributed by atoms with E-state index in [1.807, 2.05) is 53.7 Å². The Bertz CT molecular complexity index is 519. The van der Waals surface area contributed by atoms with E-state index in [2.05, 4.69) is 0 Å². The van der Waals surface area contributed by atoms with E-state index in [1.54, 1.807) is 0 Å². The molecule has 1 fully saturated rings. The summed E-state index contributed by atoms with van der Waals surface area (Å²) in [5, 5.41) is 0. The maximum atomic E-state index is 12.3. The van der Waals surface area contributed by atoms with Crippen LogP contribution in [0.25, 0.3) is 0 Å². The number of hydrogen-bond acceptors (Lipinski definition) is 3. The van der Waals surface area contributed by atoms with E-state index in [0.717, 1.165) is 16.6 Å². The number of rotatable bonds is 4. The van der Waals surface area contributed by atoms with Crippen molar-refractivity contribution >= 4 is 12.6 Å². The van der Waals surface area contributed by atoms with Crippen molar-refractivity contribution in [1.82, 2.24) is 0 Å². The predicted octanol–water partition coefficient (Wildman–Crippen LogP) is 3.25. The van der Waals surface area contributed by atoms with E-state index in [0.29, 0.717) is 5.75 Å². The van der Waals surface area contributed by atoms with Gasteiger partial charge in [0.25, 0.3) is 6.43 Å². The maximum Gasteiger partial charge on any atom is 0.494 e. The molecule has 0 N–H and O–H groups in total. The first kappa shape index (κ1) is 17.2. The van der Waals surface area contributed by atoms with Crippen LogP contribution in [0.15, 0.2) is 12.1 Å². The lowest BCUT2D eigenvalue weighted by Crippen LogP contribution is -2.41. The molecule has 1 aromatic carbocycles. The smallest absolute Gasteiger partial charge is 0.487 e. The van der Waals surface area contributed by atoms with Gasteiger partial charge in [-0.1, -0.05) is 12.1 Å². The molecule has 0 spiro atoms. The summed E-state index contributed by atoms with van der Waals surface area (Å²) < 4.78 is 41.9. The summed E-state index contributed by atoms with van der Waals surface area (Å²) in [5.74, 6) is 0.501. The molecular weight excluding hydrogens is 289 g/mol. The average molecular weight is 312 g/mol. The van der Waals surface area contributed by atoms with Gasteiger partial charge in [-0.3, -0.25) is 0 Å². The standard InChI is InChI=1S/C16H23BF2O3/c1-10-7-12(8-11(2)14(10)20-9-13(18)19)17-21-15(3,4)16(5,6)22-17/h7-8,13H,9H2,1-6H3. The van der Waals surface area contributed by atoms with E-state index in [-0.39, 0.29) is 0 Å². The molecule has 1 saturated heterocycles. The van der Waals surface area contributed by atoms with Gasteiger partial charge in [-0.05, 0) is 58.1 Å². The van der Waals surface area contributed by atoms with Crippen molar-refractivity contribution in [3.63, 3.8) is 0 Å². The van der Waals surface area contributed by atoms with Crippen LogP contribution in [-0.2, 0) is 9.31 Å². The molecule has 0 aromatic heterocycles. The van der Waals surface area contributed by atoms with Gasteiger partial charge >= 0.3 is 7.12 Å². The lowest BCUT2D eigenvalue weighted by molar-refractivity contribution is 0.00578. The average Bonchev–Trinajstić information content (AvgIpc) is 2.57. The summed E-state index contributed by atoms with van der Waals surface area (Å²) in [6, 6.07) is 3.74. The Morgan fingerprint density at radius 3 is 1.91 bits per heavy atom. The van der Waals surface area contributed by atoms with Crippen molar-refractivity contribution in [2.24, 2.45) is 0 Å². The van der Waals surface area contributed by atoms with Crippen molar-refractivity contribution in [3.8, 4) is 5.75 Å². The first-order valence-electron chi connectivity index (χ1n) is 7.41. The highest BCUT2D eigenvalue weighted by atomic mass is 19.3. The van der Waals surface area contributed by atoms with E-state index in [4.69, 9.17) is 14.0 Å². The minimum atomic E-state index is -2.48. The van der Waals surface area contributed by atoms with E-state index < -0.39 is 31.4 Å². The number of halogens is 2. The summed E-state index contributed by atoms with van der Waals surface area (Å²) in [6.07, 6.45) is -2.48. The fourth-order valence-corrected chi connectivity index (χ4v) is 2.47. The van der Waals surface area contributed by atoms with Crippen LogP contribution in [0, 0.1) is 13.8 Å². The Balaban J connectivity index is 2.24. The fourth-order valence-electron chi connectivity index (χ4n) is 2.47. The highest BCUT2D eigenvalue weighted by molar-refractivity contribution is 6.62. The van der Waals surface area contributed by atoms with E-state index in [9.17, 15) is 8.78 Å². The number of alkyl halides is 2. The molecule has 0 bridgehead atoms. The molecule has 2 rings (SSSR count). The van der Waals surface area contributed by atoms with Crippen LogP contribution < -0.4 is 10.2 Å². The molecule has 1 aliphatic rings. The molecule has 0 aliphatic carbocycles. The van der Waals surface area contributed by atoms with Gasteiger partial charge in [-0.2, -0.15) is 0 Å². The quantitative estimate of drug-likeness (QED) is 0.799. The van der Waals surface area contributed by atoms with Gasteiger partial charge in [0.2, 0.25) is 0 Å². The van der Waals surface area contributed by atoms with Crippen molar-refractivity contribution in [1.29, 1.82) is 0 Å². The van der Waals surface area contributed by atoms with Gasteiger partial charge < -0.3 is 14.0 Å². The van der Waals surface area contributed by atoms with E-state index in [1.165, 1.54) is 0 Å². The maximum absolute atomic E-state index is 12.3. The second-order valence-electron chi connectivity index (χ2n) is 6.77. The third-order valence-corrected chi connectivity index (χ3v) is 4.36. The fraction of sp³-hybridized carbons (Fsp3) is 0.625. The first-order valence-corrected chi connectivity index (χ1v) is 7.41. The van der Waals surface area contributed by atoms with Crippen molar-refractivity contribution in [2.75, 3.05) is 6.61 Å². The second-order valence-corrected chi connectivity index (χ2v) is 6.77. The van der Waals surface area contributed by atoms with Gasteiger partial charge in [-0.25, -0.2) is 8.78 Å². The Kier molecular flexibility index (Phi) is 4.55. The van der Waals surface area contributed by atoms with Crippen LogP contribution in [0.2, 0.25) is 0 Å². The molecule has 0 unspecified atom stereocenters. The minimum Gasteiger partial charge on any atom is -0.487 e. The minimum absolute atomic E-state index is 0.412. The number of aryl methyl sites for hydroxylation is 2. The van der Waals surface area contributed by atoms with Crippen LogP contribution in [-0.4, -0.2) is 31.4 Å². The molecule has 1 heterocycles. The molecule has 122 valence electrons. The third kappa shape index (κ3) is 3.28. The number of benzene rings is 1. The molecule has 0 amide bonds. The van der Waals surface area contributed by atoms with Crippen LogP contribution in [0.5, 0.6) is 5.75 Å². The Morgan fingerprint density at radius 2 is 1.50 bits per heavy atom. The van der Waals surface area contributed by atoms with Gasteiger partial charge in [0, 0.05) is 0 Å². The Morgan fingerprint density at radius 1 is 1.05 bits per heavy atom. The van der Waals surface area contributed by atoms with Crippen molar-refractivity contribution < 1.29 is 22.8 Å². The van der Waals surface area contributed by atoms with Gasteiger partial charge in [0.1, 0.15) is 12.4 Å². The lowest BCUT2D eigenvalue weighted by Gasteiger charge is -2.32. The third-order valence-electron chi connectivity index (χ3n) is 4.36. The van der Waals surface area contributed by atoms with Crippen LogP contribution in [0.4, 0.5) is 8.78 Å². The second kappa shape index (κ2) is 5.82. The predicted molar refractivity (Wildman–Crippen MR) is 83.1 cm³/mol. The zero-order valence-corrected chi connectivity index (χ0v) is 14.0. The van der Waals surface area contributed by atoms with E-state index >= 15 is 0 Å². The molecule has 0 radical (unpaired) electrons. The molecular formula is C16H23BF2O3. The monoisotopic (exact) mass is 312 g/mol. The van der Waals surface area contributed by atoms with Crippen molar-refractivity contribution in [2.45, 2.75) is 59.2 Å². The number of ether oxygens (including phenoxy) is 1. The first-order chi connectivity index (χ1) is 10.0. The normalized spacial score (nSPS) is 19.8. The lowest BCUT2D eigenvalue weighted by atomic mass is 9.77. The van der Waals surface area contributed by atoms with Crippen molar-refractivity contribution in [3.05, 3.63) is 23.3 Å². The molecule has 1 aromatic rings. The zero-order chi connectivity index (χ0) is 16.7. The van der Waals surface area contributed by atoms with Gasteiger partial charge in [0.05, 0.1) is 11.2 Å². The van der Waals surface area contributed by atoms with Crippen LogP contribution in [0.1, 0.15) is 38.8 Å². The van der Waals surface area contributed by atoms with Crippen LogP contribution in [0.3, 0.4) is 0 Å². The highest BCUT2D eigenvalue weighted by Crippen LogP contribution is 2.37. The Labute approximate surface area is 131 Å². The molecule has 6 heteroatoms.